The van der Waals surface area contributed by atoms with Gasteiger partial charge in [-0.3, -0.25) is 4.90 Å². The van der Waals surface area contributed by atoms with Crippen molar-refractivity contribution >= 4 is 0 Å². The lowest BCUT2D eigenvalue weighted by Gasteiger charge is -2.35. The fraction of sp³-hybridized carbons (Fsp3) is 0.478. The minimum absolute atomic E-state index is 0.0763. The van der Waals surface area contributed by atoms with Gasteiger partial charge in [0.1, 0.15) is 12.5 Å². The van der Waals surface area contributed by atoms with Crippen LogP contribution in [-0.4, -0.2) is 11.6 Å². The summed E-state index contributed by atoms with van der Waals surface area (Å²) in [7, 11) is 0. The van der Waals surface area contributed by atoms with Gasteiger partial charge in [-0.15, -0.1) is 0 Å². The Balaban J connectivity index is 1.95. The van der Waals surface area contributed by atoms with Gasteiger partial charge >= 0.3 is 0 Å². The maximum Gasteiger partial charge on any atom is 0.142 e. The van der Waals surface area contributed by atoms with E-state index in [1.165, 1.54) is 22.3 Å². The Bertz CT molecular complexity index is 735. The molecular formula is C23H31NO. The van der Waals surface area contributed by atoms with E-state index in [0.29, 0.717) is 6.73 Å². The molecule has 2 aromatic carbocycles. The summed E-state index contributed by atoms with van der Waals surface area (Å²) in [6.45, 7) is 16.2. The molecule has 0 aliphatic carbocycles. The number of nitrogens with zero attached hydrogens (tertiary/aromatic N) is 1. The number of benzene rings is 2. The van der Waals surface area contributed by atoms with Crippen LogP contribution in [0.15, 0.2) is 42.5 Å². The molecule has 0 spiro atoms. The zero-order valence-corrected chi connectivity index (χ0v) is 16.5. The average molecular weight is 338 g/mol. The Morgan fingerprint density at radius 1 is 0.920 bits per heavy atom. The molecule has 0 saturated heterocycles. The van der Waals surface area contributed by atoms with E-state index in [4.69, 9.17) is 4.74 Å². The van der Waals surface area contributed by atoms with E-state index < -0.39 is 0 Å². The van der Waals surface area contributed by atoms with Crippen LogP contribution < -0.4 is 4.74 Å². The highest BCUT2D eigenvalue weighted by Gasteiger charge is 2.29. The van der Waals surface area contributed by atoms with Gasteiger partial charge in [-0.1, -0.05) is 84.0 Å². The van der Waals surface area contributed by atoms with Crippen molar-refractivity contribution in [1.29, 1.82) is 0 Å². The topological polar surface area (TPSA) is 12.5 Å². The zero-order valence-electron chi connectivity index (χ0n) is 16.5. The van der Waals surface area contributed by atoms with Gasteiger partial charge in [0.25, 0.3) is 0 Å². The summed E-state index contributed by atoms with van der Waals surface area (Å²) in [5.41, 5.74) is 5.58. The normalized spacial score (nSPS) is 15.6. The maximum atomic E-state index is 6.26. The first-order chi connectivity index (χ1) is 11.6. The van der Waals surface area contributed by atoms with Crippen LogP contribution in [0.5, 0.6) is 5.75 Å². The third-order valence-corrected chi connectivity index (χ3v) is 4.87. The molecule has 0 unspecified atom stereocenters. The summed E-state index contributed by atoms with van der Waals surface area (Å²) in [6, 6.07) is 15.3. The molecule has 0 saturated carbocycles. The molecule has 134 valence electrons. The van der Waals surface area contributed by atoms with Gasteiger partial charge in [-0.25, -0.2) is 0 Å². The Morgan fingerprint density at radius 3 is 2.20 bits per heavy atom. The number of fused-ring (bicyclic) bond motifs is 1. The third kappa shape index (κ3) is 4.07. The van der Waals surface area contributed by atoms with E-state index in [1.54, 1.807) is 0 Å². The summed E-state index contributed by atoms with van der Waals surface area (Å²) in [5, 5.41) is 0. The largest absolute Gasteiger partial charge is 0.477 e. The first-order valence-electron chi connectivity index (χ1n) is 9.21. The molecule has 0 atom stereocenters. The smallest absolute Gasteiger partial charge is 0.142 e. The molecule has 2 nitrogen and oxygen atoms in total. The molecule has 3 rings (SSSR count). The van der Waals surface area contributed by atoms with Crippen LogP contribution in [0, 0.1) is 0 Å². The summed E-state index contributed by atoms with van der Waals surface area (Å²) in [4.78, 5) is 2.37. The third-order valence-electron chi connectivity index (χ3n) is 4.87. The standard InChI is InChI=1S/C23H31NO/c1-22(2,3)19-12-18-15-24(14-17-10-8-7-9-11-17)16-25-21(18)20(13-19)23(4,5)6/h7-13H,14-16H2,1-6H3. The number of ether oxygens (including phenoxy) is 1. The van der Waals surface area contributed by atoms with Crippen molar-refractivity contribution in [2.75, 3.05) is 6.73 Å². The Kier molecular flexibility index (Phi) is 4.68. The zero-order chi connectivity index (χ0) is 18.2. The summed E-state index contributed by atoms with van der Waals surface area (Å²) in [6.07, 6.45) is 0. The van der Waals surface area contributed by atoms with Crippen molar-refractivity contribution in [2.24, 2.45) is 0 Å². The highest BCUT2D eigenvalue weighted by Crippen LogP contribution is 2.40. The molecule has 0 fully saturated rings. The van der Waals surface area contributed by atoms with Crippen molar-refractivity contribution < 1.29 is 4.74 Å². The fourth-order valence-corrected chi connectivity index (χ4v) is 3.35. The molecule has 25 heavy (non-hydrogen) atoms. The Hall–Kier alpha value is -1.80. The van der Waals surface area contributed by atoms with Crippen molar-refractivity contribution in [1.82, 2.24) is 4.90 Å². The van der Waals surface area contributed by atoms with Crippen molar-refractivity contribution in [3.63, 3.8) is 0 Å². The molecular weight excluding hydrogens is 306 g/mol. The Morgan fingerprint density at radius 2 is 1.60 bits per heavy atom. The molecule has 1 aliphatic rings. The lowest BCUT2D eigenvalue weighted by molar-refractivity contribution is 0.0864. The second kappa shape index (κ2) is 6.49. The second-order valence-electron chi connectivity index (χ2n) is 9.26. The van der Waals surface area contributed by atoms with E-state index in [9.17, 15) is 0 Å². The number of hydrogen-bond acceptors (Lipinski definition) is 2. The predicted molar refractivity (Wildman–Crippen MR) is 105 cm³/mol. The van der Waals surface area contributed by atoms with E-state index >= 15 is 0 Å². The first-order valence-corrected chi connectivity index (χ1v) is 9.21. The van der Waals surface area contributed by atoms with Crippen LogP contribution in [0.2, 0.25) is 0 Å². The molecule has 0 radical (unpaired) electrons. The van der Waals surface area contributed by atoms with E-state index in [2.05, 4.69) is 88.9 Å². The number of rotatable bonds is 2. The molecule has 0 N–H and O–H groups in total. The molecule has 2 aromatic rings. The van der Waals surface area contributed by atoms with Crippen LogP contribution in [-0.2, 0) is 23.9 Å². The average Bonchev–Trinajstić information content (AvgIpc) is 2.53. The number of hydrogen-bond donors (Lipinski definition) is 0. The second-order valence-corrected chi connectivity index (χ2v) is 9.26. The van der Waals surface area contributed by atoms with Gasteiger partial charge in [-0.2, -0.15) is 0 Å². The fourth-order valence-electron chi connectivity index (χ4n) is 3.35. The predicted octanol–water partition coefficient (Wildman–Crippen LogP) is 5.63. The van der Waals surface area contributed by atoms with E-state index in [1.807, 2.05) is 0 Å². The van der Waals surface area contributed by atoms with Gasteiger partial charge in [0.2, 0.25) is 0 Å². The molecule has 0 bridgehead atoms. The van der Waals surface area contributed by atoms with Gasteiger partial charge in [-0.05, 0) is 22.0 Å². The SMILES string of the molecule is CC(C)(C)c1cc2c(c(C(C)(C)C)c1)OCN(Cc1ccccc1)C2. The lowest BCUT2D eigenvalue weighted by atomic mass is 9.78. The van der Waals surface area contributed by atoms with Crippen molar-refractivity contribution in [2.45, 2.75) is 65.5 Å². The van der Waals surface area contributed by atoms with Crippen molar-refractivity contribution in [3.05, 3.63) is 64.7 Å². The Labute approximate surface area is 152 Å². The van der Waals surface area contributed by atoms with Crippen molar-refractivity contribution in [3.8, 4) is 5.75 Å². The lowest BCUT2D eigenvalue weighted by Crippen LogP contribution is -2.33. The van der Waals surface area contributed by atoms with Crippen LogP contribution in [0.4, 0.5) is 0 Å². The summed E-state index contributed by atoms with van der Waals surface area (Å²) < 4.78 is 6.26. The monoisotopic (exact) mass is 337 g/mol. The molecule has 2 heteroatoms. The molecule has 1 aliphatic heterocycles. The van der Waals surface area contributed by atoms with Crippen LogP contribution in [0.25, 0.3) is 0 Å². The van der Waals surface area contributed by atoms with E-state index in [0.717, 1.165) is 18.8 Å². The maximum absolute atomic E-state index is 6.26. The van der Waals surface area contributed by atoms with E-state index in [-0.39, 0.29) is 10.8 Å². The highest BCUT2D eigenvalue weighted by molar-refractivity contribution is 5.50. The highest BCUT2D eigenvalue weighted by atomic mass is 16.5. The molecule has 0 aromatic heterocycles. The minimum atomic E-state index is 0.0763. The van der Waals surface area contributed by atoms with Crippen LogP contribution in [0.3, 0.4) is 0 Å². The van der Waals surface area contributed by atoms with Crippen LogP contribution >= 0.6 is 0 Å². The summed E-state index contributed by atoms with van der Waals surface area (Å²) >= 11 is 0. The summed E-state index contributed by atoms with van der Waals surface area (Å²) in [5.74, 6) is 1.10. The van der Waals surface area contributed by atoms with Gasteiger partial charge in [0, 0.05) is 24.2 Å². The van der Waals surface area contributed by atoms with Crippen LogP contribution in [0.1, 0.15) is 63.8 Å². The minimum Gasteiger partial charge on any atom is -0.477 e. The molecule has 1 heterocycles. The van der Waals surface area contributed by atoms with Gasteiger partial charge in [0.05, 0.1) is 0 Å². The quantitative estimate of drug-likeness (QED) is 0.704. The van der Waals surface area contributed by atoms with Gasteiger partial charge < -0.3 is 4.74 Å². The van der Waals surface area contributed by atoms with Gasteiger partial charge in [0.15, 0.2) is 0 Å². The molecule has 0 amide bonds. The first kappa shape index (κ1) is 18.0.